The second-order valence-electron chi connectivity index (χ2n) is 5.83. The highest BCUT2D eigenvalue weighted by molar-refractivity contribution is 7.91. The fraction of sp³-hybridized carbons (Fsp3) is 0.0625. The van der Waals surface area contributed by atoms with Crippen LogP contribution in [-0.4, -0.2) is 33.1 Å². The molecule has 0 unspecified atom stereocenters. The van der Waals surface area contributed by atoms with Crippen LogP contribution in [0.25, 0.3) is 21.8 Å². The first-order valence-electron chi connectivity index (χ1n) is 7.55. The van der Waals surface area contributed by atoms with E-state index in [-0.39, 0.29) is 30.4 Å². The zero-order chi connectivity index (χ0) is 19.5. The van der Waals surface area contributed by atoms with Gasteiger partial charge in [-0.3, -0.25) is 9.48 Å². The molecule has 11 heteroatoms. The average molecular weight is 407 g/mol. The SMILES string of the molecule is Cn1ncc2ccc(S(=O)(=O)c3ccc(Cl)c4c(=O)n(O)c(=O)[nH]c34)cc21. The van der Waals surface area contributed by atoms with Crippen LogP contribution in [0.15, 0.2) is 55.9 Å². The molecule has 0 atom stereocenters. The van der Waals surface area contributed by atoms with Crippen molar-refractivity contribution in [3.8, 4) is 0 Å². The van der Waals surface area contributed by atoms with Crippen molar-refractivity contribution in [3.05, 3.63) is 62.4 Å². The topological polar surface area (TPSA) is 127 Å². The Hall–Kier alpha value is -3.11. The van der Waals surface area contributed by atoms with Gasteiger partial charge in [-0.25, -0.2) is 13.2 Å². The molecule has 0 fully saturated rings. The molecule has 4 aromatic rings. The molecule has 0 saturated carbocycles. The van der Waals surface area contributed by atoms with Gasteiger partial charge in [0.05, 0.1) is 37.4 Å². The molecule has 4 rings (SSSR count). The van der Waals surface area contributed by atoms with Crippen LogP contribution in [0.1, 0.15) is 0 Å². The largest absolute Gasteiger partial charge is 0.421 e. The molecule has 138 valence electrons. The lowest BCUT2D eigenvalue weighted by Gasteiger charge is -2.10. The number of hydrogen-bond donors (Lipinski definition) is 2. The molecule has 0 radical (unpaired) electrons. The Morgan fingerprint density at radius 1 is 1.19 bits per heavy atom. The molecule has 2 N–H and O–H groups in total. The Bertz CT molecular complexity index is 1470. The van der Waals surface area contributed by atoms with Crippen molar-refractivity contribution in [1.29, 1.82) is 0 Å². The van der Waals surface area contributed by atoms with Gasteiger partial charge in [0.25, 0.3) is 5.56 Å². The number of nitrogens with zero attached hydrogens (tertiary/aromatic N) is 3. The highest BCUT2D eigenvalue weighted by Gasteiger charge is 2.24. The predicted octanol–water partition coefficient (Wildman–Crippen LogP) is 1.30. The Kier molecular flexibility index (Phi) is 3.65. The van der Waals surface area contributed by atoms with Crippen LogP contribution in [-0.2, 0) is 16.9 Å². The van der Waals surface area contributed by atoms with E-state index in [1.54, 1.807) is 19.3 Å². The molecule has 0 bridgehead atoms. The number of halogens is 1. The minimum Gasteiger partial charge on any atom is -0.421 e. The van der Waals surface area contributed by atoms with E-state index >= 15 is 0 Å². The summed E-state index contributed by atoms with van der Waals surface area (Å²) in [7, 11) is -2.44. The second kappa shape index (κ2) is 5.69. The number of fused-ring (bicyclic) bond motifs is 2. The number of aryl methyl sites for hydroxylation is 1. The maximum atomic E-state index is 13.2. The summed E-state index contributed by atoms with van der Waals surface area (Å²) in [4.78, 5) is 25.8. The third-order valence-electron chi connectivity index (χ3n) is 4.27. The van der Waals surface area contributed by atoms with Gasteiger partial charge in [-0.2, -0.15) is 5.10 Å². The molecule has 0 aliphatic heterocycles. The van der Waals surface area contributed by atoms with Gasteiger partial charge in [-0.15, -0.1) is 0 Å². The van der Waals surface area contributed by atoms with Gasteiger partial charge in [-0.05, 0) is 30.3 Å². The van der Waals surface area contributed by atoms with E-state index in [0.29, 0.717) is 5.52 Å². The third-order valence-corrected chi connectivity index (χ3v) is 6.38. The van der Waals surface area contributed by atoms with E-state index in [2.05, 4.69) is 10.1 Å². The minimum atomic E-state index is -4.11. The van der Waals surface area contributed by atoms with Gasteiger partial charge in [0.1, 0.15) is 0 Å². The van der Waals surface area contributed by atoms with Gasteiger partial charge < -0.3 is 10.2 Å². The number of benzene rings is 2. The van der Waals surface area contributed by atoms with Gasteiger partial charge in [0.15, 0.2) is 0 Å². The summed E-state index contributed by atoms with van der Waals surface area (Å²) < 4.78 is 27.7. The van der Waals surface area contributed by atoms with E-state index in [1.807, 2.05) is 0 Å². The zero-order valence-electron chi connectivity index (χ0n) is 13.7. The highest BCUT2D eigenvalue weighted by Crippen LogP contribution is 2.30. The average Bonchev–Trinajstić information content (AvgIpc) is 3.00. The quantitative estimate of drug-likeness (QED) is 0.483. The monoisotopic (exact) mass is 406 g/mol. The van der Waals surface area contributed by atoms with E-state index in [0.717, 1.165) is 5.39 Å². The van der Waals surface area contributed by atoms with Crippen molar-refractivity contribution >= 4 is 43.2 Å². The normalized spacial score (nSPS) is 12.1. The lowest BCUT2D eigenvalue weighted by Crippen LogP contribution is -2.33. The molecule has 0 aliphatic carbocycles. The van der Waals surface area contributed by atoms with Crippen LogP contribution in [0.4, 0.5) is 0 Å². The van der Waals surface area contributed by atoms with Crippen molar-refractivity contribution in [3.63, 3.8) is 0 Å². The van der Waals surface area contributed by atoms with Gasteiger partial charge in [-0.1, -0.05) is 16.3 Å². The first-order valence-corrected chi connectivity index (χ1v) is 9.41. The fourth-order valence-electron chi connectivity index (χ4n) is 2.89. The van der Waals surface area contributed by atoms with Crippen LogP contribution in [0.3, 0.4) is 0 Å². The van der Waals surface area contributed by atoms with E-state index in [4.69, 9.17) is 11.6 Å². The lowest BCUT2D eigenvalue weighted by atomic mass is 10.2. The maximum Gasteiger partial charge on any atom is 0.362 e. The van der Waals surface area contributed by atoms with Crippen molar-refractivity contribution < 1.29 is 13.6 Å². The van der Waals surface area contributed by atoms with Gasteiger partial charge in [0, 0.05) is 12.4 Å². The summed E-state index contributed by atoms with van der Waals surface area (Å²) in [6, 6.07) is 6.88. The lowest BCUT2D eigenvalue weighted by molar-refractivity contribution is 0.162. The third kappa shape index (κ3) is 2.45. The summed E-state index contributed by atoms with van der Waals surface area (Å²) in [5.41, 5.74) is -1.96. The summed E-state index contributed by atoms with van der Waals surface area (Å²) in [6.45, 7) is 0. The Labute approximate surface area is 155 Å². The van der Waals surface area contributed by atoms with Gasteiger partial charge >= 0.3 is 5.69 Å². The fourth-order valence-corrected chi connectivity index (χ4v) is 4.57. The van der Waals surface area contributed by atoms with Crippen molar-refractivity contribution in [2.24, 2.45) is 7.05 Å². The number of sulfone groups is 1. The number of rotatable bonds is 2. The van der Waals surface area contributed by atoms with Crippen LogP contribution < -0.4 is 11.2 Å². The summed E-state index contributed by atoms with van der Waals surface area (Å²) >= 11 is 5.99. The van der Waals surface area contributed by atoms with Crippen LogP contribution in [0, 0.1) is 0 Å². The molecule has 0 spiro atoms. The number of aromatic amines is 1. The molecule has 2 aromatic heterocycles. The van der Waals surface area contributed by atoms with E-state index in [9.17, 15) is 23.2 Å². The van der Waals surface area contributed by atoms with E-state index < -0.39 is 21.1 Å². The summed E-state index contributed by atoms with van der Waals surface area (Å²) in [5, 5.41) is 13.9. The molecule has 0 aliphatic rings. The van der Waals surface area contributed by atoms with Crippen molar-refractivity contribution in [2.45, 2.75) is 9.79 Å². The number of aromatic nitrogens is 4. The second-order valence-corrected chi connectivity index (χ2v) is 8.16. The van der Waals surface area contributed by atoms with Crippen LogP contribution >= 0.6 is 11.6 Å². The Morgan fingerprint density at radius 3 is 2.67 bits per heavy atom. The molecule has 9 nitrogen and oxygen atoms in total. The molecule has 27 heavy (non-hydrogen) atoms. The van der Waals surface area contributed by atoms with Crippen LogP contribution in [0.2, 0.25) is 5.02 Å². The minimum absolute atomic E-state index is 0.0451. The highest BCUT2D eigenvalue weighted by atomic mass is 35.5. The molecule has 2 heterocycles. The maximum absolute atomic E-state index is 13.2. The predicted molar refractivity (Wildman–Crippen MR) is 97.2 cm³/mol. The van der Waals surface area contributed by atoms with Crippen LogP contribution in [0.5, 0.6) is 0 Å². The van der Waals surface area contributed by atoms with E-state index in [1.165, 1.54) is 28.9 Å². The zero-order valence-corrected chi connectivity index (χ0v) is 15.2. The Morgan fingerprint density at radius 2 is 1.93 bits per heavy atom. The number of hydrogen-bond acceptors (Lipinski definition) is 6. The first-order chi connectivity index (χ1) is 12.7. The first kappa shape index (κ1) is 17.3. The summed E-state index contributed by atoms with van der Waals surface area (Å²) in [6.07, 6.45) is 1.60. The smallest absolute Gasteiger partial charge is 0.362 e. The summed E-state index contributed by atoms with van der Waals surface area (Å²) in [5.74, 6) is 0. The molecule has 0 saturated heterocycles. The number of nitrogens with one attached hydrogen (secondary N) is 1. The van der Waals surface area contributed by atoms with Gasteiger partial charge in [0.2, 0.25) is 9.84 Å². The Balaban J connectivity index is 2.08. The standard InChI is InChI=1S/C16H11ClN4O5S/c1-20-11-6-9(3-2-8(11)7-18-20)27(25,26)12-5-4-10(17)13-14(12)19-16(23)21(24)15(13)22/h2-7,24H,1H3,(H,19,23). The van der Waals surface area contributed by atoms with Crippen molar-refractivity contribution in [2.75, 3.05) is 0 Å². The molecular formula is C16H11ClN4O5S. The molecule has 2 aromatic carbocycles. The molecule has 0 amide bonds. The molecular weight excluding hydrogens is 396 g/mol. The van der Waals surface area contributed by atoms with Crippen molar-refractivity contribution in [1.82, 2.24) is 19.5 Å². The number of H-pyrrole nitrogens is 1.